The molecular weight excluding hydrogens is 317 g/mol. The maximum atomic E-state index is 6.10. The van der Waals surface area contributed by atoms with Gasteiger partial charge in [0.05, 0.1) is 16.6 Å². The van der Waals surface area contributed by atoms with Crippen molar-refractivity contribution in [1.29, 1.82) is 0 Å². The molecule has 1 aromatic heterocycles. The smallest absolute Gasteiger partial charge is 0.125 e. The molecule has 0 spiro atoms. The minimum Gasteiger partial charge on any atom is -0.240 e. The van der Waals surface area contributed by atoms with E-state index in [1.54, 1.807) is 11.3 Å². The molecule has 0 bridgehead atoms. The molecule has 1 nitrogen and oxygen atoms in total. The molecule has 0 atom stereocenters. The molecule has 15 heavy (non-hydrogen) atoms. The highest BCUT2D eigenvalue weighted by Crippen LogP contribution is 2.32. The Morgan fingerprint density at radius 3 is 2.87 bits per heavy atom. The van der Waals surface area contributed by atoms with E-state index in [0.717, 1.165) is 20.7 Å². The van der Waals surface area contributed by atoms with Gasteiger partial charge in [0, 0.05) is 15.4 Å². The Morgan fingerprint density at radius 1 is 1.40 bits per heavy atom. The zero-order chi connectivity index (χ0) is 10.8. The van der Waals surface area contributed by atoms with Gasteiger partial charge in [0.2, 0.25) is 0 Å². The van der Waals surface area contributed by atoms with E-state index in [-0.39, 0.29) is 0 Å². The Balaban J connectivity index is 2.48. The Kier molecular flexibility index (Phi) is 3.67. The Hall–Kier alpha value is -0.0900. The van der Waals surface area contributed by atoms with E-state index >= 15 is 0 Å². The van der Waals surface area contributed by atoms with Crippen LogP contribution < -0.4 is 0 Å². The average molecular weight is 323 g/mol. The van der Waals surface area contributed by atoms with E-state index in [4.69, 9.17) is 23.2 Å². The maximum Gasteiger partial charge on any atom is 0.125 e. The van der Waals surface area contributed by atoms with Crippen molar-refractivity contribution in [2.75, 3.05) is 0 Å². The topological polar surface area (TPSA) is 12.9 Å². The average Bonchev–Trinajstić information content (AvgIpc) is 2.70. The number of halogens is 3. The van der Waals surface area contributed by atoms with Gasteiger partial charge in [-0.15, -0.1) is 22.9 Å². The largest absolute Gasteiger partial charge is 0.240 e. The van der Waals surface area contributed by atoms with Crippen molar-refractivity contribution in [2.24, 2.45) is 0 Å². The summed E-state index contributed by atoms with van der Waals surface area (Å²) in [4.78, 5) is 4.38. The summed E-state index contributed by atoms with van der Waals surface area (Å²) in [6.07, 6.45) is 0. The number of alkyl halides is 1. The molecule has 0 aliphatic carbocycles. The van der Waals surface area contributed by atoms with Crippen LogP contribution in [0.5, 0.6) is 0 Å². The van der Waals surface area contributed by atoms with Gasteiger partial charge in [0.1, 0.15) is 5.01 Å². The lowest BCUT2D eigenvalue weighted by molar-refractivity contribution is 1.23. The lowest BCUT2D eigenvalue weighted by Gasteiger charge is -2.00. The number of nitrogens with zero attached hydrogens (tertiary/aromatic N) is 1. The summed E-state index contributed by atoms with van der Waals surface area (Å²) >= 11 is 16.8. The van der Waals surface area contributed by atoms with E-state index in [9.17, 15) is 0 Å². The van der Waals surface area contributed by atoms with Crippen LogP contribution in [-0.2, 0) is 5.88 Å². The van der Waals surface area contributed by atoms with Crippen LogP contribution in [0.3, 0.4) is 0 Å². The van der Waals surface area contributed by atoms with Crippen molar-refractivity contribution >= 4 is 50.5 Å². The van der Waals surface area contributed by atoms with Crippen LogP contribution in [0.15, 0.2) is 28.1 Å². The minimum absolute atomic E-state index is 0.433. The highest BCUT2D eigenvalue weighted by molar-refractivity contribution is 9.10. The van der Waals surface area contributed by atoms with Crippen molar-refractivity contribution in [3.63, 3.8) is 0 Å². The number of hydrogen-bond donors (Lipinski definition) is 0. The molecule has 5 heteroatoms. The highest BCUT2D eigenvalue weighted by atomic mass is 79.9. The molecule has 0 aliphatic heterocycles. The zero-order valence-electron chi connectivity index (χ0n) is 7.51. The number of thiazole rings is 1. The van der Waals surface area contributed by atoms with Gasteiger partial charge >= 0.3 is 0 Å². The monoisotopic (exact) mass is 321 g/mol. The zero-order valence-corrected chi connectivity index (χ0v) is 11.4. The second kappa shape index (κ2) is 4.83. The van der Waals surface area contributed by atoms with Gasteiger partial charge in [0.15, 0.2) is 0 Å². The van der Waals surface area contributed by atoms with Gasteiger partial charge in [-0.3, -0.25) is 0 Å². The van der Waals surface area contributed by atoms with Gasteiger partial charge in [-0.05, 0) is 18.2 Å². The van der Waals surface area contributed by atoms with E-state index in [2.05, 4.69) is 20.9 Å². The first-order valence-electron chi connectivity index (χ1n) is 4.16. The molecule has 0 saturated heterocycles. The highest BCUT2D eigenvalue weighted by Gasteiger charge is 2.08. The normalized spacial score (nSPS) is 10.6. The molecule has 0 fully saturated rings. The van der Waals surface area contributed by atoms with Gasteiger partial charge in [-0.2, -0.15) is 0 Å². The molecule has 0 radical (unpaired) electrons. The van der Waals surface area contributed by atoms with Crippen molar-refractivity contribution in [3.8, 4) is 10.6 Å². The second-order valence-electron chi connectivity index (χ2n) is 2.90. The molecular formula is C10H6BrCl2NS. The molecule has 0 amide bonds. The van der Waals surface area contributed by atoms with Crippen LogP contribution in [-0.4, -0.2) is 4.98 Å². The third kappa shape index (κ3) is 2.53. The SMILES string of the molecule is ClCc1csc(-c2cc(Br)ccc2Cl)n1. The van der Waals surface area contributed by atoms with E-state index in [0.29, 0.717) is 10.9 Å². The predicted molar refractivity (Wildman–Crippen MR) is 69.8 cm³/mol. The first-order chi connectivity index (χ1) is 7.20. The lowest BCUT2D eigenvalue weighted by atomic mass is 10.2. The minimum atomic E-state index is 0.433. The Morgan fingerprint density at radius 2 is 2.20 bits per heavy atom. The van der Waals surface area contributed by atoms with E-state index < -0.39 is 0 Å². The summed E-state index contributed by atoms with van der Waals surface area (Å²) < 4.78 is 0.990. The fourth-order valence-electron chi connectivity index (χ4n) is 1.15. The lowest BCUT2D eigenvalue weighted by Crippen LogP contribution is -1.81. The summed E-state index contributed by atoms with van der Waals surface area (Å²) in [5.74, 6) is 0.433. The fraction of sp³-hybridized carbons (Fsp3) is 0.100. The van der Waals surface area contributed by atoms with Crippen LogP contribution in [0.4, 0.5) is 0 Å². The van der Waals surface area contributed by atoms with Crippen LogP contribution in [0.1, 0.15) is 5.69 Å². The quantitative estimate of drug-likeness (QED) is 0.712. The van der Waals surface area contributed by atoms with Crippen molar-refractivity contribution in [2.45, 2.75) is 5.88 Å². The van der Waals surface area contributed by atoms with Crippen molar-refractivity contribution in [1.82, 2.24) is 4.98 Å². The van der Waals surface area contributed by atoms with E-state index in [1.165, 1.54) is 0 Å². The van der Waals surface area contributed by atoms with Gasteiger partial charge in [-0.25, -0.2) is 4.98 Å². The molecule has 1 aromatic carbocycles. The first kappa shape index (κ1) is 11.4. The Bertz CT molecular complexity index is 484. The third-order valence-corrected chi connectivity index (χ3v) is 3.87. The molecule has 0 unspecified atom stereocenters. The van der Waals surface area contributed by atoms with Crippen LogP contribution in [0, 0.1) is 0 Å². The second-order valence-corrected chi connectivity index (χ2v) is 5.35. The van der Waals surface area contributed by atoms with E-state index in [1.807, 2.05) is 23.6 Å². The standard InChI is InChI=1S/C10H6BrCl2NS/c11-6-1-2-9(13)8(3-6)10-14-7(4-12)5-15-10/h1-3,5H,4H2. The summed E-state index contributed by atoms with van der Waals surface area (Å²) in [6.45, 7) is 0. The van der Waals surface area contributed by atoms with Gasteiger partial charge in [-0.1, -0.05) is 27.5 Å². The van der Waals surface area contributed by atoms with Crippen LogP contribution in [0.2, 0.25) is 5.02 Å². The van der Waals surface area contributed by atoms with Crippen molar-refractivity contribution < 1.29 is 0 Å². The third-order valence-electron chi connectivity index (χ3n) is 1.85. The summed E-state index contributed by atoms with van der Waals surface area (Å²) in [6, 6.07) is 5.71. The number of benzene rings is 1. The molecule has 0 aliphatic rings. The molecule has 2 aromatic rings. The first-order valence-corrected chi connectivity index (χ1v) is 6.75. The summed E-state index contributed by atoms with van der Waals surface area (Å²) in [7, 11) is 0. The molecule has 0 N–H and O–H groups in total. The molecule has 2 rings (SSSR count). The fourth-order valence-corrected chi connectivity index (χ4v) is 2.86. The Labute approximate surface area is 110 Å². The predicted octanol–water partition coefficient (Wildman–Crippen LogP) is 4.96. The summed E-state index contributed by atoms with van der Waals surface area (Å²) in [5.41, 5.74) is 1.82. The van der Waals surface area contributed by atoms with Gasteiger partial charge < -0.3 is 0 Å². The number of rotatable bonds is 2. The number of hydrogen-bond acceptors (Lipinski definition) is 2. The van der Waals surface area contributed by atoms with Gasteiger partial charge in [0.25, 0.3) is 0 Å². The molecule has 0 saturated carbocycles. The van der Waals surface area contributed by atoms with Crippen molar-refractivity contribution in [3.05, 3.63) is 38.8 Å². The van der Waals surface area contributed by atoms with Crippen LogP contribution >= 0.6 is 50.5 Å². The summed E-state index contributed by atoms with van der Waals surface area (Å²) in [5, 5.41) is 3.55. The molecule has 1 heterocycles. The number of aromatic nitrogens is 1. The molecule has 78 valence electrons. The van der Waals surface area contributed by atoms with Crippen LogP contribution in [0.25, 0.3) is 10.6 Å². The maximum absolute atomic E-state index is 6.10.